The number of hydrogen-bond donors (Lipinski definition) is 0. The van der Waals surface area contributed by atoms with Gasteiger partial charge in [-0.1, -0.05) is 38.1 Å². The number of amides is 1. The second kappa shape index (κ2) is 8.32. The van der Waals surface area contributed by atoms with Gasteiger partial charge in [-0.05, 0) is 29.8 Å². The summed E-state index contributed by atoms with van der Waals surface area (Å²) in [5.41, 5.74) is 2.61. The van der Waals surface area contributed by atoms with Gasteiger partial charge in [-0.3, -0.25) is 4.79 Å². The van der Waals surface area contributed by atoms with Gasteiger partial charge in [0.25, 0.3) is 5.91 Å². The molecule has 0 atom stereocenters. The van der Waals surface area contributed by atoms with Crippen LogP contribution in [-0.4, -0.2) is 56.8 Å². The van der Waals surface area contributed by atoms with Crippen molar-refractivity contribution in [2.24, 2.45) is 0 Å². The van der Waals surface area contributed by atoms with Crippen LogP contribution in [0.5, 0.6) is 0 Å². The Morgan fingerprint density at radius 2 is 1.75 bits per heavy atom. The molecule has 150 valence electrons. The SMILES string of the molecule is CCN(CC)S(=O)(=O)c1cccc(C(=O)N2CCN(C)c3ccccc3C2)c1. The summed E-state index contributed by atoms with van der Waals surface area (Å²) in [6, 6.07) is 14.4. The molecule has 0 N–H and O–H groups in total. The molecule has 28 heavy (non-hydrogen) atoms. The fourth-order valence-electron chi connectivity index (χ4n) is 3.55. The summed E-state index contributed by atoms with van der Waals surface area (Å²) < 4.78 is 27.0. The van der Waals surface area contributed by atoms with Crippen LogP contribution in [0, 0.1) is 0 Å². The number of para-hydroxylation sites is 1. The van der Waals surface area contributed by atoms with Crippen LogP contribution in [0.25, 0.3) is 0 Å². The van der Waals surface area contributed by atoms with E-state index in [2.05, 4.69) is 11.0 Å². The molecule has 0 saturated carbocycles. The van der Waals surface area contributed by atoms with E-state index < -0.39 is 10.0 Å². The molecule has 0 bridgehead atoms. The largest absolute Gasteiger partial charge is 0.373 e. The highest BCUT2D eigenvalue weighted by Gasteiger charge is 2.25. The standard InChI is InChI=1S/C21H27N3O3S/c1-4-24(5-2)28(26,27)19-11-8-10-17(15-19)21(25)23-14-13-22(3)20-12-7-6-9-18(20)16-23/h6-12,15H,4-5,13-14,16H2,1-3H3. The third-order valence-corrected chi connectivity index (χ3v) is 7.23. The van der Waals surface area contributed by atoms with Crippen molar-refractivity contribution in [1.82, 2.24) is 9.21 Å². The predicted molar refractivity (Wildman–Crippen MR) is 111 cm³/mol. The lowest BCUT2D eigenvalue weighted by Crippen LogP contribution is -2.34. The number of benzene rings is 2. The van der Waals surface area contributed by atoms with E-state index in [1.807, 2.05) is 25.2 Å². The molecule has 0 aliphatic carbocycles. The minimum atomic E-state index is -3.60. The van der Waals surface area contributed by atoms with Gasteiger partial charge in [-0.25, -0.2) is 8.42 Å². The van der Waals surface area contributed by atoms with Crippen LogP contribution in [0.2, 0.25) is 0 Å². The second-order valence-corrected chi connectivity index (χ2v) is 8.83. The van der Waals surface area contributed by atoms with Gasteiger partial charge in [0.05, 0.1) is 4.90 Å². The number of hydrogen-bond acceptors (Lipinski definition) is 4. The molecule has 0 saturated heterocycles. The highest BCUT2D eigenvalue weighted by Crippen LogP contribution is 2.25. The number of likely N-dealkylation sites (N-methyl/N-ethyl adjacent to an activating group) is 1. The zero-order valence-corrected chi connectivity index (χ0v) is 17.4. The number of rotatable bonds is 5. The minimum Gasteiger partial charge on any atom is -0.373 e. The van der Waals surface area contributed by atoms with E-state index in [-0.39, 0.29) is 10.8 Å². The molecule has 6 nitrogen and oxygen atoms in total. The molecular weight excluding hydrogens is 374 g/mol. The summed E-state index contributed by atoms with van der Waals surface area (Å²) in [5.74, 6) is -0.151. The molecule has 7 heteroatoms. The number of nitrogens with zero attached hydrogens (tertiary/aromatic N) is 3. The number of carbonyl (C=O) groups excluding carboxylic acids is 1. The van der Waals surface area contributed by atoms with Crippen molar-refractivity contribution in [1.29, 1.82) is 0 Å². The molecule has 2 aromatic rings. The minimum absolute atomic E-state index is 0.151. The molecule has 1 aliphatic heterocycles. The monoisotopic (exact) mass is 401 g/mol. The predicted octanol–water partition coefficient (Wildman–Crippen LogP) is 2.81. The molecular formula is C21H27N3O3S. The Balaban J connectivity index is 1.90. The number of fused-ring (bicyclic) bond motifs is 1. The lowest BCUT2D eigenvalue weighted by molar-refractivity contribution is 0.0751. The van der Waals surface area contributed by atoms with Gasteiger partial charge < -0.3 is 9.80 Å². The number of anilines is 1. The molecule has 0 spiro atoms. The van der Waals surface area contributed by atoms with Crippen LogP contribution >= 0.6 is 0 Å². The van der Waals surface area contributed by atoms with Crippen LogP contribution in [0.15, 0.2) is 53.4 Å². The lowest BCUT2D eigenvalue weighted by Gasteiger charge is -2.22. The van der Waals surface area contributed by atoms with E-state index in [4.69, 9.17) is 0 Å². The van der Waals surface area contributed by atoms with Crippen LogP contribution in [0.4, 0.5) is 5.69 Å². The van der Waals surface area contributed by atoms with Gasteiger partial charge in [0.2, 0.25) is 10.0 Å². The van der Waals surface area contributed by atoms with E-state index in [9.17, 15) is 13.2 Å². The Hall–Kier alpha value is -2.38. The van der Waals surface area contributed by atoms with Crippen molar-refractivity contribution in [2.75, 3.05) is 38.1 Å². The molecule has 1 aliphatic rings. The number of carbonyl (C=O) groups is 1. The van der Waals surface area contributed by atoms with E-state index in [1.54, 1.807) is 36.9 Å². The average Bonchev–Trinajstić information content (AvgIpc) is 2.87. The normalized spacial score (nSPS) is 14.7. The fourth-order valence-corrected chi connectivity index (χ4v) is 5.06. The van der Waals surface area contributed by atoms with Crippen molar-refractivity contribution >= 4 is 21.6 Å². The summed E-state index contributed by atoms with van der Waals surface area (Å²) in [7, 11) is -1.58. The second-order valence-electron chi connectivity index (χ2n) is 6.89. The average molecular weight is 402 g/mol. The third kappa shape index (κ3) is 3.91. The van der Waals surface area contributed by atoms with Crippen molar-refractivity contribution in [2.45, 2.75) is 25.3 Å². The zero-order chi connectivity index (χ0) is 20.3. The van der Waals surface area contributed by atoms with Crippen LogP contribution < -0.4 is 4.90 Å². The summed E-state index contributed by atoms with van der Waals surface area (Å²) in [4.78, 5) is 17.2. The Labute approximate surface area is 167 Å². The first-order chi connectivity index (χ1) is 13.4. The molecule has 0 fully saturated rings. The van der Waals surface area contributed by atoms with Gasteiger partial charge in [0, 0.05) is 51.0 Å². The van der Waals surface area contributed by atoms with E-state index in [1.165, 1.54) is 10.4 Å². The molecule has 1 amide bonds. The first-order valence-electron chi connectivity index (χ1n) is 9.57. The molecule has 2 aromatic carbocycles. The third-order valence-electron chi connectivity index (χ3n) is 5.18. The Bertz CT molecular complexity index is 955. The maximum absolute atomic E-state index is 13.2. The van der Waals surface area contributed by atoms with Crippen molar-refractivity contribution in [3.8, 4) is 0 Å². The molecule has 1 heterocycles. The van der Waals surface area contributed by atoms with Crippen LogP contribution in [0.1, 0.15) is 29.8 Å². The van der Waals surface area contributed by atoms with Crippen molar-refractivity contribution < 1.29 is 13.2 Å². The van der Waals surface area contributed by atoms with Gasteiger partial charge in [0.15, 0.2) is 0 Å². The highest BCUT2D eigenvalue weighted by molar-refractivity contribution is 7.89. The topological polar surface area (TPSA) is 60.9 Å². The lowest BCUT2D eigenvalue weighted by atomic mass is 10.1. The van der Waals surface area contributed by atoms with Crippen molar-refractivity contribution in [3.05, 3.63) is 59.7 Å². The smallest absolute Gasteiger partial charge is 0.254 e. The van der Waals surface area contributed by atoms with Gasteiger partial charge in [-0.2, -0.15) is 4.31 Å². The molecule has 3 rings (SSSR count). The van der Waals surface area contributed by atoms with Gasteiger partial charge in [-0.15, -0.1) is 0 Å². The van der Waals surface area contributed by atoms with E-state index in [0.29, 0.717) is 31.7 Å². The zero-order valence-electron chi connectivity index (χ0n) is 16.6. The molecule has 0 unspecified atom stereocenters. The van der Waals surface area contributed by atoms with Crippen LogP contribution in [-0.2, 0) is 16.6 Å². The van der Waals surface area contributed by atoms with Crippen LogP contribution in [0.3, 0.4) is 0 Å². The molecule has 0 aromatic heterocycles. The fraction of sp³-hybridized carbons (Fsp3) is 0.381. The highest BCUT2D eigenvalue weighted by atomic mass is 32.2. The van der Waals surface area contributed by atoms with Crippen molar-refractivity contribution in [3.63, 3.8) is 0 Å². The summed E-state index contributed by atoms with van der Waals surface area (Å²) in [6.07, 6.45) is 0. The molecule has 0 radical (unpaired) electrons. The van der Waals surface area contributed by atoms with Gasteiger partial charge >= 0.3 is 0 Å². The number of sulfonamides is 1. The first kappa shape index (κ1) is 20.4. The maximum Gasteiger partial charge on any atom is 0.254 e. The summed E-state index contributed by atoms with van der Waals surface area (Å²) in [5, 5.41) is 0. The Morgan fingerprint density at radius 3 is 2.46 bits per heavy atom. The van der Waals surface area contributed by atoms with Gasteiger partial charge in [0.1, 0.15) is 0 Å². The quantitative estimate of drug-likeness (QED) is 0.773. The Kier molecular flexibility index (Phi) is 6.05. The summed E-state index contributed by atoms with van der Waals surface area (Å²) >= 11 is 0. The van der Waals surface area contributed by atoms with E-state index in [0.717, 1.165) is 17.8 Å². The summed E-state index contributed by atoms with van der Waals surface area (Å²) in [6.45, 7) is 6.21. The Morgan fingerprint density at radius 1 is 1.04 bits per heavy atom. The maximum atomic E-state index is 13.2. The van der Waals surface area contributed by atoms with E-state index >= 15 is 0 Å². The first-order valence-corrected chi connectivity index (χ1v) is 11.0.